The van der Waals surface area contributed by atoms with Gasteiger partial charge in [-0.05, 0) is 62.8 Å². The molecule has 0 fully saturated rings. The van der Waals surface area contributed by atoms with Crippen LogP contribution in [0.2, 0.25) is 0 Å². The van der Waals surface area contributed by atoms with Crippen molar-refractivity contribution in [1.82, 2.24) is 14.9 Å². The van der Waals surface area contributed by atoms with Crippen molar-refractivity contribution in [2.75, 3.05) is 24.6 Å². The molecule has 0 atom stereocenters. The largest absolute Gasteiger partial charge is 0.493 e. The minimum atomic E-state index is 0.428. The van der Waals surface area contributed by atoms with Crippen LogP contribution in [-0.4, -0.2) is 40.8 Å². The topological polar surface area (TPSA) is 58.4 Å². The highest BCUT2D eigenvalue weighted by Crippen LogP contribution is 2.28. The first-order chi connectivity index (χ1) is 13.7. The van der Waals surface area contributed by atoms with Gasteiger partial charge in [0.15, 0.2) is 5.82 Å². The van der Waals surface area contributed by atoms with E-state index in [1.165, 1.54) is 5.69 Å². The van der Waals surface area contributed by atoms with E-state index >= 15 is 0 Å². The Morgan fingerprint density at radius 3 is 2.50 bits per heavy atom. The fraction of sp³-hybridized carbons (Fsp3) is 0.286. The van der Waals surface area contributed by atoms with Crippen LogP contribution in [0, 0.1) is 4.77 Å². The summed E-state index contributed by atoms with van der Waals surface area (Å²) in [5, 5.41) is 11.7. The molecule has 7 heteroatoms. The van der Waals surface area contributed by atoms with Gasteiger partial charge < -0.3 is 9.64 Å². The first-order valence-corrected chi connectivity index (χ1v) is 9.87. The van der Waals surface area contributed by atoms with E-state index in [1.54, 1.807) is 10.9 Å². The highest BCUT2D eigenvalue weighted by molar-refractivity contribution is 7.71. The minimum Gasteiger partial charge on any atom is -0.493 e. The number of aromatic nitrogens is 3. The van der Waals surface area contributed by atoms with Crippen molar-refractivity contribution in [2.45, 2.75) is 20.8 Å². The smallest absolute Gasteiger partial charge is 0.216 e. The summed E-state index contributed by atoms with van der Waals surface area (Å²) < 4.78 is 7.76. The summed E-state index contributed by atoms with van der Waals surface area (Å²) in [5.41, 5.74) is 3.03. The van der Waals surface area contributed by atoms with Gasteiger partial charge in [0.2, 0.25) is 4.77 Å². The Morgan fingerprint density at radius 1 is 1.11 bits per heavy atom. The number of ether oxygens (including phenoxy) is 1. The van der Waals surface area contributed by atoms with Gasteiger partial charge in [-0.1, -0.05) is 24.3 Å². The lowest BCUT2D eigenvalue weighted by Gasteiger charge is -2.20. The second-order valence-corrected chi connectivity index (χ2v) is 6.49. The van der Waals surface area contributed by atoms with E-state index in [-0.39, 0.29) is 0 Å². The van der Waals surface area contributed by atoms with Crippen molar-refractivity contribution in [2.24, 2.45) is 5.10 Å². The van der Waals surface area contributed by atoms with Crippen LogP contribution in [0.5, 0.6) is 5.75 Å². The van der Waals surface area contributed by atoms with Gasteiger partial charge in [-0.15, -0.1) is 0 Å². The Kier molecular flexibility index (Phi) is 6.60. The lowest BCUT2D eigenvalue weighted by atomic mass is 10.2. The summed E-state index contributed by atoms with van der Waals surface area (Å²) in [6, 6.07) is 16.0. The summed E-state index contributed by atoms with van der Waals surface area (Å²) in [6.45, 7) is 8.80. The maximum absolute atomic E-state index is 5.72. The van der Waals surface area contributed by atoms with E-state index in [0.717, 1.165) is 30.0 Å². The minimum absolute atomic E-state index is 0.428. The first kappa shape index (κ1) is 19.8. The molecule has 0 spiro atoms. The Bertz CT molecular complexity index is 987. The molecule has 0 bridgehead atoms. The molecule has 1 N–H and O–H groups in total. The predicted octanol–water partition coefficient (Wildman–Crippen LogP) is 4.73. The normalized spacial score (nSPS) is 11.1. The molecule has 6 nitrogen and oxygen atoms in total. The van der Waals surface area contributed by atoms with Crippen molar-refractivity contribution in [3.05, 3.63) is 58.9 Å². The Hall–Kier alpha value is -2.93. The van der Waals surface area contributed by atoms with Crippen molar-refractivity contribution in [3.63, 3.8) is 0 Å². The fourth-order valence-corrected chi connectivity index (χ4v) is 3.17. The van der Waals surface area contributed by atoms with Crippen LogP contribution in [0.15, 0.2) is 53.6 Å². The third kappa shape index (κ3) is 4.31. The molecule has 146 valence electrons. The quantitative estimate of drug-likeness (QED) is 0.442. The monoisotopic (exact) mass is 395 g/mol. The summed E-state index contributed by atoms with van der Waals surface area (Å²) in [7, 11) is 0. The van der Waals surface area contributed by atoms with Crippen molar-refractivity contribution < 1.29 is 4.74 Å². The van der Waals surface area contributed by atoms with Gasteiger partial charge in [0.05, 0.1) is 18.4 Å². The molecule has 1 heterocycles. The number of anilines is 1. The zero-order valence-corrected chi connectivity index (χ0v) is 17.2. The first-order valence-electron chi connectivity index (χ1n) is 9.46. The molecule has 0 aliphatic carbocycles. The summed E-state index contributed by atoms with van der Waals surface area (Å²) >= 11 is 5.37. The standard InChI is InChI=1S/C21H25N5OS/c1-4-25(5-2)17-13-11-16(12-14-17)15-22-26-20(23-24-21(26)28)18-9-7-8-10-19(18)27-6-3/h7-15H,4-6H2,1-3H3,(H,24,28)/b22-15-. The van der Waals surface area contributed by atoms with Gasteiger partial charge in [0.1, 0.15) is 5.75 Å². The lowest BCUT2D eigenvalue weighted by Crippen LogP contribution is -2.21. The maximum atomic E-state index is 5.72. The van der Waals surface area contributed by atoms with Gasteiger partial charge in [-0.2, -0.15) is 14.9 Å². The van der Waals surface area contributed by atoms with Gasteiger partial charge >= 0.3 is 0 Å². The Balaban J connectivity index is 1.90. The van der Waals surface area contributed by atoms with Crippen LogP contribution in [-0.2, 0) is 0 Å². The van der Waals surface area contributed by atoms with E-state index in [2.05, 4.69) is 58.3 Å². The number of rotatable bonds is 8. The van der Waals surface area contributed by atoms with Crippen LogP contribution in [0.3, 0.4) is 0 Å². The molecule has 3 rings (SSSR count). The number of nitrogens with one attached hydrogen (secondary N) is 1. The van der Waals surface area contributed by atoms with E-state index in [0.29, 0.717) is 17.2 Å². The van der Waals surface area contributed by atoms with E-state index in [1.807, 2.05) is 31.2 Å². The summed E-state index contributed by atoms with van der Waals surface area (Å²) in [6.07, 6.45) is 1.78. The number of nitrogens with zero attached hydrogens (tertiary/aromatic N) is 4. The van der Waals surface area contributed by atoms with Crippen LogP contribution in [0.25, 0.3) is 11.4 Å². The molecule has 3 aromatic rings. The molecule has 28 heavy (non-hydrogen) atoms. The van der Waals surface area contributed by atoms with Crippen LogP contribution >= 0.6 is 12.2 Å². The van der Waals surface area contributed by atoms with Crippen molar-refractivity contribution >= 4 is 24.1 Å². The van der Waals surface area contributed by atoms with Gasteiger partial charge in [-0.3, -0.25) is 0 Å². The number of benzene rings is 2. The summed E-state index contributed by atoms with van der Waals surface area (Å²) in [5.74, 6) is 1.36. The van der Waals surface area contributed by atoms with E-state index < -0.39 is 0 Å². The van der Waals surface area contributed by atoms with E-state index in [4.69, 9.17) is 17.0 Å². The number of para-hydroxylation sites is 1. The van der Waals surface area contributed by atoms with Crippen molar-refractivity contribution in [1.29, 1.82) is 0 Å². The van der Waals surface area contributed by atoms with Gasteiger partial charge in [0, 0.05) is 18.8 Å². The highest BCUT2D eigenvalue weighted by Gasteiger charge is 2.13. The summed E-state index contributed by atoms with van der Waals surface area (Å²) in [4.78, 5) is 2.30. The second-order valence-electron chi connectivity index (χ2n) is 6.10. The lowest BCUT2D eigenvalue weighted by molar-refractivity contribution is 0.341. The molecule has 0 unspecified atom stereocenters. The Morgan fingerprint density at radius 2 is 1.82 bits per heavy atom. The van der Waals surface area contributed by atoms with E-state index in [9.17, 15) is 0 Å². The molecular weight excluding hydrogens is 370 g/mol. The second kappa shape index (κ2) is 9.32. The third-order valence-corrected chi connectivity index (χ3v) is 4.69. The highest BCUT2D eigenvalue weighted by atomic mass is 32.1. The average molecular weight is 396 g/mol. The van der Waals surface area contributed by atoms with Crippen LogP contribution in [0.4, 0.5) is 5.69 Å². The van der Waals surface area contributed by atoms with Crippen LogP contribution < -0.4 is 9.64 Å². The predicted molar refractivity (Wildman–Crippen MR) is 117 cm³/mol. The number of aromatic amines is 1. The number of hydrogen-bond donors (Lipinski definition) is 1. The molecule has 2 aromatic carbocycles. The molecule has 0 saturated carbocycles. The molecule has 0 aliphatic rings. The molecule has 1 aromatic heterocycles. The average Bonchev–Trinajstić information content (AvgIpc) is 3.09. The Labute approximate surface area is 170 Å². The van der Waals surface area contributed by atoms with Gasteiger partial charge in [0.25, 0.3) is 0 Å². The molecule has 0 aliphatic heterocycles. The maximum Gasteiger partial charge on any atom is 0.216 e. The van der Waals surface area contributed by atoms with Gasteiger partial charge in [-0.25, -0.2) is 5.10 Å². The molecule has 0 radical (unpaired) electrons. The molecular formula is C21H25N5OS. The number of hydrogen-bond acceptors (Lipinski definition) is 5. The molecule has 0 amide bonds. The zero-order chi connectivity index (χ0) is 19.9. The zero-order valence-electron chi connectivity index (χ0n) is 16.4. The number of H-pyrrole nitrogens is 1. The third-order valence-electron chi connectivity index (χ3n) is 4.42. The van der Waals surface area contributed by atoms with Crippen molar-refractivity contribution in [3.8, 4) is 17.1 Å². The fourth-order valence-electron chi connectivity index (χ4n) is 2.99. The molecule has 0 saturated heterocycles. The SMILES string of the molecule is CCOc1ccccc1-c1n[nH]c(=S)n1/N=C\c1ccc(N(CC)CC)cc1. The van der Waals surface area contributed by atoms with Crippen LogP contribution in [0.1, 0.15) is 26.3 Å².